The molecule has 11 nitrogen and oxygen atoms in total. The summed E-state index contributed by atoms with van der Waals surface area (Å²) in [7, 11) is 3.60. The molecule has 0 spiro atoms. The Balaban J connectivity index is 1.15. The number of nitrogens with one attached hydrogen (secondary N) is 1. The first kappa shape index (κ1) is 29.7. The molecule has 1 saturated heterocycles. The number of pyridine rings is 1. The summed E-state index contributed by atoms with van der Waals surface area (Å²) in [5, 5.41) is 10.9. The first-order chi connectivity index (χ1) is 23.7. The number of carbonyl (C=O) groups is 2. The van der Waals surface area contributed by atoms with E-state index in [0.29, 0.717) is 46.1 Å². The van der Waals surface area contributed by atoms with Crippen LogP contribution in [0.3, 0.4) is 0 Å². The summed E-state index contributed by atoms with van der Waals surface area (Å²) in [6, 6.07) is 17.7. The summed E-state index contributed by atoms with van der Waals surface area (Å²) in [5.74, 6) is 1.02. The van der Waals surface area contributed by atoms with Crippen LogP contribution in [0.25, 0.3) is 55.5 Å². The molecule has 4 N–H and O–H groups in total. The van der Waals surface area contributed by atoms with Gasteiger partial charge in [-0.3, -0.25) is 9.59 Å². The number of likely N-dealkylation sites (tertiary alicyclic amines) is 1. The molecule has 4 heterocycles. The molecule has 248 valence electrons. The number of hydrogen-bond acceptors (Lipinski definition) is 6. The molecular weight excluding hydrogens is 620 g/mol. The molecule has 1 aliphatic heterocycles. The van der Waals surface area contributed by atoms with Gasteiger partial charge in [0.25, 0.3) is 5.91 Å². The van der Waals surface area contributed by atoms with Gasteiger partial charge in [0.15, 0.2) is 5.82 Å². The third-order valence-corrected chi connectivity index (χ3v) is 11.0. The number of hydrogen-bond donors (Lipinski definition) is 3. The van der Waals surface area contributed by atoms with Gasteiger partial charge in [-0.25, -0.2) is 9.78 Å². The van der Waals surface area contributed by atoms with Crippen molar-refractivity contribution in [1.82, 2.24) is 24.0 Å². The molecule has 2 aliphatic carbocycles. The largest absolute Gasteiger partial charge is 0.494 e. The van der Waals surface area contributed by atoms with E-state index < -0.39 is 11.4 Å². The zero-order valence-corrected chi connectivity index (χ0v) is 27.3. The fraction of sp³-hybridized carbons (Fsp3) is 0.316. The zero-order chi connectivity index (χ0) is 33.7. The first-order valence-electron chi connectivity index (χ1n) is 16.8. The molecule has 3 fully saturated rings. The third-order valence-electron chi connectivity index (χ3n) is 11.0. The summed E-state index contributed by atoms with van der Waals surface area (Å²) in [6.07, 6.45) is 5.60. The van der Waals surface area contributed by atoms with Crippen molar-refractivity contribution >= 4 is 44.7 Å². The monoisotopic (exact) mass is 656 g/mol. The van der Waals surface area contributed by atoms with Crippen molar-refractivity contribution in [2.24, 2.45) is 24.6 Å². The van der Waals surface area contributed by atoms with Gasteiger partial charge in [0.1, 0.15) is 16.8 Å². The molecule has 3 atom stereocenters. The number of rotatable bonds is 7. The van der Waals surface area contributed by atoms with E-state index in [1.807, 2.05) is 46.8 Å². The minimum absolute atomic E-state index is 0.0275. The van der Waals surface area contributed by atoms with Crippen LogP contribution >= 0.6 is 0 Å². The molecule has 2 bridgehead atoms. The number of aromatic amines is 1. The SMILES string of the molecule is COc1cc(C(=O)N2CC3CCC2C3N)cc2nc(-c3cc4ccc(-c5ccc6[nH]cc(C(=O)O)c(=O)c6c5)cc4n3CC3CC3)n(C)c12. The molecule has 49 heavy (non-hydrogen) atoms. The van der Waals surface area contributed by atoms with Crippen molar-refractivity contribution < 1.29 is 19.4 Å². The Bertz CT molecular complexity index is 2430. The van der Waals surface area contributed by atoms with Crippen molar-refractivity contribution in [3.8, 4) is 28.4 Å². The van der Waals surface area contributed by atoms with E-state index >= 15 is 0 Å². The highest BCUT2D eigenvalue weighted by molar-refractivity contribution is 6.01. The smallest absolute Gasteiger partial charge is 0.341 e. The standard InChI is InChI=1S/C38H36N6O5/c1-42-34-28(12-24(15-32(34)49-2)37(46)44-18-23-8-10-29(44)33(23)39)41-36(42)31-14-22-6-5-21(13-30(22)43(31)17-19-3-4-19)20-7-9-27-25(11-20)35(45)26(16-40-27)38(47)48/h5-7,9,11-16,19,23,29,33H,3-4,8,10,17-18,39H2,1-2H3,(H,40,45)(H,47,48). The Hall–Kier alpha value is -5.42. The quantitative estimate of drug-likeness (QED) is 0.209. The van der Waals surface area contributed by atoms with Crippen LogP contribution in [0.2, 0.25) is 0 Å². The van der Waals surface area contributed by atoms with E-state index in [1.165, 1.54) is 19.0 Å². The van der Waals surface area contributed by atoms with Crippen molar-refractivity contribution in [3.05, 3.63) is 82.1 Å². The number of H-pyrrole nitrogens is 1. The van der Waals surface area contributed by atoms with Gasteiger partial charge in [-0.1, -0.05) is 18.2 Å². The number of nitrogens with two attached hydrogens (primary N) is 1. The maximum atomic E-state index is 13.8. The molecule has 11 heteroatoms. The molecule has 3 aromatic heterocycles. The van der Waals surface area contributed by atoms with E-state index in [2.05, 4.69) is 27.8 Å². The average Bonchev–Trinajstić information content (AvgIpc) is 3.51. The Morgan fingerprint density at radius 3 is 2.55 bits per heavy atom. The number of benzene rings is 3. The lowest BCUT2D eigenvalue weighted by Crippen LogP contribution is -2.41. The van der Waals surface area contributed by atoms with Gasteiger partial charge < -0.3 is 34.6 Å². The first-order valence-corrected chi connectivity index (χ1v) is 16.8. The van der Waals surface area contributed by atoms with Crippen molar-refractivity contribution in [1.29, 1.82) is 0 Å². The normalized spacial score (nSPS) is 20.2. The van der Waals surface area contributed by atoms with Crippen LogP contribution in [-0.2, 0) is 13.6 Å². The van der Waals surface area contributed by atoms with E-state index in [-0.39, 0.29) is 23.6 Å². The number of imidazole rings is 1. The predicted octanol–water partition coefficient (Wildman–Crippen LogP) is 5.38. The van der Waals surface area contributed by atoms with Gasteiger partial charge in [0.05, 0.1) is 18.3 Å². The zero-order valence-electron chi connectivity index (χ0n) is 27.3. The number of aryl methyl sites for hydroxylation is 1. The summed E-state index contributed by atoms with van der Waals surface area (Å²) >= 11 is 0. The Kier molecular flexibility index (Phi) is 6.54. The summed E-state index contributed by atoms with van der Waals surface area (Å²) in [4.78, 5) is 48.4. The maximum absolute atomic E-state index is 13.8. The number of nitrogens with zero attached hydrogens (tertiary/aromatic N) is 4. The van der Waals surface area contributed by atoms with Crippen molar-refractivity contribution in [3.63, 3.8) is 0 Å². The van der Waals surface area contributed by atoms with Crippen LogP contribution in [0, 0.1) is 11.8 Å². The minimum Gasteiger partial charge on any atom is -0.494 e. The average molecular weight is 657 g/mol. The highest BCUT2D eigenvalue weighted by Crippen LogP contribution is 2.41. The van der Waals surface area contributed by atoms with E-state index in [1.54, 1.807) is 13.2 Å². The fourth-order valence-electron chi connectivity index (χ4n) is 8.20. The lowest BCUT2D eigenvalue weighted by atomic mass is 10.0. The number of methoxy groups -OCH3 is 1. The topological polar surface area (TPSA) is 148 Å². The van der Waals surface area contributed by atoms with Gasteiger partial charge in [-0.15, -0.1) is 0 Å². The molecule has 3 aromatic carbocycles. The second-order valence-corrected chi connectivity index (χ2v) is 13.9. The fourth-order valence-corrected chi connectivity index (χ4v) is 8.20. The van der Waals surface area contributed by atoms with Gasteiger partial charge in [0, 0.05) is 65.8 Å². The Labute approximate surface area is 280 Å². The van der Waals surface area contributed by atoms with E-state index in [4.69, 9.17) is 15.5 Å². The number of carboxylic acids is 1. The minimum atomic E-state index is -1.26. The van der Waals surface area contributed by atoms with Crippen LogP contribution in [0.15, 0.2) is 65.6 Å². The number of aromatic nitrogens is 4. The number of ether oxygens (including phenoxy) is 1. The third kappa shape index (κ3) is 4.59. The number of piperidine rings is 1. The number of aromatic carboxylic acids is 1. The van der Waals surface area contributed by atoms with Crippen molar-refractivity contribution in [2.45, 2.75) is 44.3 Å². The van der Waals surface area contributed by atoms with Crippen LogP contribution < -0.4 is 15.9 Å². The van der Waals surface area contributed by atoms with Gasteiger partial charge in [-0.2, -0.15) is 0 Å². The number of fused-ring (bicyclic) bond motifs is 5. The van der Waals surface area contributed by atoms with Crippen LogP contribution in [0.4, 0.5) is 0 Å². The highest BCUT2D eigenvalue weighted by atomic mass is 16.5. The molecule has 0 radical (unpaired) electrons. The molecule has 3 aliphatic rings. The predicted molar refractivity (Wildman–Crippen MR) is 187 cm³/mol. The second kappa shape index (κ2) is 10.8. The summed E-state index contributed by atoms with van der Waals surface area (Å²) in [5.41, 5.74) is 12.0. The molecule has 3 unspecified atom stereocenters. The Morgan fingerprint density at radius 1 is 1.04 bits per heavy atom. The maximum Gasteiger partial charge on any atom is 0.341 e. The van der Waals surface area contributed by atoms with Crippen LogP contribution in [-0.4, -0.2) is 66.7 Å². The molecule has 9 rings (SSSR count). The second-order valence-electron chi connectivity index (χ2n) is 13.9. The van der Waals surface area contributed by atoms with Gasteiger partial charge >= 0.3 is 5.97 Å². The summed E-state index contributed by atoms with van der Waals surface area (Å²) < 4.78 is 10.2. The Morgan fingerprint density at radius 2 is 1.84 bits per heavy atom. The molecule has 2 saturated carbocycles. The molecule has 1 amide bonds. The summed E-state index contributed by atoms with van der Waals surface area (Å²) in [6.45, 7) is 1.53. The van der Waals surface area contributed by atoms with Gasteiger partial charge in [0.2, 0.25) is 5.43 Å². The van der Waals surface area contributed by atoms with E-state index in [0.717, 1.165) is 58.5 Å². The van der Waals surface area contributed by atoms with Crippen LogP contribution in [0.5, 0.6) is 5.75 Å². The van der Waals surface area contributed by atoms with E-state index in [9.17, 15) is 19.5 Å². The lowest BCUT2D eigenvalue weighted by molar-refractivity contribution is 0.0688. The lowest BCUT2D eigenvalue weighted by Gasteiger charge is -2.27. The van der Waals surface area contributed by atoms with Crippen LogP contribution in [0.1, 0.15) is 46.4 Å². The molecule has 6 aromatic rings. The highest BCUT2D eigenvalue weighted by Gasteiger charge is 2.47. The van der Waals surface area contributed by atoms with Gasteiger partial charge in [-0.05, 0) is 85.0 Å². The molecular formula is C38H36N6O5. The number of amides is 1. The number of carbonyl (C=O) groups excluding carboxylic acids is 1. The van der Waals surface area contributed by atoms with Crippen molar-refractivity contribution in [2.75, 3.05) is 13.7 Å². The number of carboxylic acid groups (broad SMARTS) is 1.